The number of carbonyl (C=O) groups excluding carboxylic acids is 1. The van der Waals surface area contributed by atoms with E-state index in [-0.39, 0.29) is 0 Å². The number of carbonyl (C=O) groups is 1. The van der Waals surface area contributed by atoms with E-state index in [4.69, 9.17) is 0 Å². The van der Waals surface area contributed by atoms with Gasteiger partial charge in [-0.1, -0.05) is 26.2 Å². The van der Waals surface area contributed by atoms with Crippen LogP contribution >= 0.6 is 0 Å². The SMILES string of the molecule is CCCC1CCC2CC(NC=O)CCC2C1. The van der Waals surface area contributed by atoms with Crippen molar-refractivity contribution in [2.45, 2.75) is 64.3 Å². The third kappa shape index (κ3) is 2.78. The molecule has 0 aliphatic heterocycles. The molecule has 92 valence electrons. The molecule has 2 aliphatic carbocycles. The van der Waals surface area contributed by atoms with Crippen LogP contribution < -0.4 is 5.32 Å². The lowest BCUT2D eigenvalue weighted by molar-refractivity contribution is -0.110. The molecule has 0 saturated heterocycles. The van der Waals surface area contributed by atoms with Crippen molar-refractivity contribution in [1.82, 2.24) is 5.32 Å². The Morgan fingerprint density at radius 1 is 1.12 bits per heavy atom. The fourth-order valence-corrected chi connectivity index (χ4v) is 3.90. The highest BCUT2D eigenvalue weighted by Crippen LogP contribution is 2.43. The lowest BCUT2D eigenvalue weighted by Crippen LogP contribution is -2.39. The van der Waals surface area contributed by atoms with Gasteiger partial charge >= 0.3 is 0 Å². The number of hydrogen-bond acceptors (Lipinski definition) is 1. The molecule has 0 radical (unpaired) electrons. The van der Waals surface area contributed by atoms with E-state index < -0.39 is 0 Å². The standard InChI is InChI=1S/C14H25NO/c1-2-3-11-4-5-13-9-14(15-10-16)7-6-12(13)8-11/h10-14H,2-9H2,1H3,(H,15,16). The first-order valence-corrected chi connectivity index (χ1v) is 7.03. The van der Waals surface area contributed by atoms with Crippen molar-refractivity contribution in [2.75, 3.05) is 0 Å². The fraction of sp³-hybridized carbons (Fsp3) is 0.929. The first-order valence-electron chi connectivity index (χ1n) is 7.03. The van der Waals surface area contributed by atoms with Crippen molar-refractivity contribution >= 4 is 6.41 Å². The minimum Gasteiger partial charge on any atom is -0.356 e. The molecule has 16 heavy (non-hydrogen) atoms. The normalized spacial score (nSPS) is 38.8. The smallest absolute Gasteiger partial charge is 0.207 e. The average Bonchev–Trinajstić information content (AvgIpc) is 2.30. The number of rotatable bonds is 4. The summed E-state index contributed by atoms with van der Waals surface area (Å²) in [6, 6.07) is 0.474. The lowest BCUT2D eigenvalue weighted by atomic mass is 9.65. The van der Waals surface area contributed by atoms with Crippen molar-refractivity contribution in [3.63, 3.8) is 0 Å². The van der Waals surface area contributed by atoms with Gasteiger partial charge in [0.1, 0.15) is 0 Å². The number of hydrogen-bond donors (Lipinski definition) is 1. The van der Waals surface area contributed by atoms with Crippen molar-refractivity contribution in [3.05, 3.63) is 0 Å². The van der Waals surface area contributed by atoms with Gasteiger partial charge in [-0.15, -0.1) is 0 Å². The van der Waals surface area contributed by atoms with Crippen molar-refractivity contribution < 1.29 is 4.79 Å². The Morgan fingerprint density at radius 2 is 1.88 bits per heavy atom. The van der Waals surface area contributed by atoms with Gasteiger partial charge in [-0.25, -0.2) is 0 Å². The molecule has 1 N–H and O–H groups in total. The Labute approximate surface area is 99.2 Å². The molecule has 4 atom stereocenters. The second-order valence-corrected chi connectivity index (χ2v) is 5.78. The van der Waals surface area contributed by atoms with Gasteiger partial charge in [-0.3, -0.25) is 4.79 Å². The molecular weight excluding hydrogens is 198 g/mol. The van der Waals surface area contributed by atoms with Crippen LogP contribution in [0.1, 0.15) is 58.3 Å². The molecule has 2 rings (SSSR count). The Balaban J connectivity index is 1.82. The Bertz CT molecular complexity index is 229. The van der Waals surface area contributed by atoms with Crippen LogP contribution in [0.25, 0.3) is 0 Å². The molecule has 0 aromatic rings. The molecule has 2 fully saturated rings. The summed E-state index contributed by atoms with van der Waals surface area (Å²) in [6.07, 6.45) is 11.8. The number of nitrogens with one attached hydrogen (secondary N) is 1. The predicted octanol–water partition coefficient (Wildman–Crippen LogP) is 3.12. The minimum absolute atomic E-state index is 0.474. The van der Waals surface area contributed by atoms with E-state index >= 15 is 0 Å². The van der Waals surface area contributed by atoms with Crippen molar-refractivity contribution in [2.24, 2.45) is 17.8 Å². The largest absolute Gasteiger partial charge is 0.356 e. The van der Waals surface area contributed by atoms with Crippen LogP contribution in [0.4, 0.5) is 0 Å². The highest BCUT2D eigenvalue weighted by Gasteiger charge is 2.34. The van der Waals surface area contributed by atoms with Gasteiger partial charge in [0.2, 0.25) is 6.41 Å². The predicted molar refractivity (Wildman–Crippen MR) is 66.1 cm³/mol. The summed E-state index contributed by atoms with van der Waals surface area (Å²) in [5, 5.41) is 2.97. The monoisotopic (exact) mass is 223 g/mol. The summed E-state index contributed by atoms with van der Waals surface area (Å²) in [5.74, 6) is 2.87. The zero-order chi connectivity index (χ0) is 11.4. The summed E-state index contributed by atoms with van der Waals surface area (Å²) >= 11 is 0. The van der Waals surface area contributed by atoms with Gasteiger partial charge in [0.15, 0.2) is 0 Å². The molecule has 0 spiro atoms. The zero-order valence-corrected chi connectivity index (χ0v) is 10.5. The maximum Gasteiger partial charge on any atom is 0.207 e. The summed E-state index contributed by atoms with van der Waals surface area (Å²) in [6.45, 7) is 2.30. The summed E-state index contributed by atoms with van der Waals surface area (Å²) in [4.78, 5) is 10.5. The van der Waals surface area contributed by atoms with Crippen molar-refractivity contribution in [3.8, 4) is 0 Å². The Morgan fingerprint density at radius 3 is 2.62 bits per heavy atom. The van der Waals surface area contributed by atoms with Gasteiger partial charge in [-0.2, -0.15) is 0 Å². The third-order valence-corrected chi connectivity index (χ3v) is 4.72. The van der Waals surface area contributed by atoms with Gasteiger partial charge in [0.25, 0.3) is 0 Å². The van der Waals surface area contributed by atoms with Crippen LogP contribution in [0.15, 0.2) is 0 Å². The second-order valence-electron chi connectivity index (χ2n) is 5.78. The first-order chi connectivity index (χ1) is 7.83. The van der Waals surface area contributed by atoms with E-state index in [0.29, 0.717) is 6.04 Å². The molecule has 0 aromatic heterocycles. The van der Waals surface area contributed by atoms with E-state index in [1.807, 2.05) is 0 Å². The molecule has 2 aliphatic rings. The molecule has 4 unspecified atom stereocenters. The van der Waals surface area contributed by atoms with Crippen LogP contribution in [0.3, 0.4) is 0 Å². The molecule has 2 saturated carbocycles. The molecule has 0 heterocycles. The molecule has 1 amide bonds. The average molecular weight is 223 g/mol. The minimum atomic E-state index is 0.474. The van der Waals surface area contributed by atoms with E-state index in [1.54, 1.807) is 0 Å². The topological polar surface area (TPSA) is 29.1 Å². The second kappa shape index (κ2) is 5.70. The quantitative estimate of drug-likeness (QED) is 0.729. The van der Waals surface area contributed by atoms with E-state index in [9.17, 15) is 4.79 Å². The first kappa shape index (κ1) is 11.9. The van der Waals surface area contributed by atoms with Gasteiger partial charge in [0.05, 0.1) is 0 Å². The zero-order valence-electron chi connectivity index (χ0n) is 10.5. The van der Waals surface area contributed by atoms with Crippen LogP contribution in [0.5, 0.6) is 0 Å². The van der Waals surface area contributed by atoms with Gasteiger partial charge in [-0.05, 0) is 49.9 Å². The lowest BCUT2D eigenvalue weighted by Gasteiger charge is -2.42. The maximum atomic E-state index is 10.5. The summed E-state index contributed by atoms with van der Waals surface area (Å²) in [7, 11) is 0. The van der Waals surface area contributed by atoms with Gasteiger partial charge in [0, 0.05) is 6.04 Å². The number of amides is 1. The van der Waals surface area contributed by atoms with E-state index in [2.05, 4.69) is 12.2 Å². The highest BCUT2D eigenvalue weighted by molar-refractivity contribution is 5.46. The highest BCUT2D eigenvalue weighted by atomic mass is 16.1. The van der Waals surface area contributed by atoms with Crippen molar-refractivity contribution in [1.29, 1.82) is 0 Å². The molecule has 0 bridgehead atoms. The van der Waals surface area contributed by atoms with E-state index in [1.165, 1.54) is 51.4 Å². The number of fused-ring (bicyclic) bond motifs is 1. The van der Waals surface area contributed by atoms with Gasteiger partial charge < -0.3 is 5.32 Å². The third-order valence-electron chi connectivity index (χ3n) is 4.72. The molecule has 2 heteroatoms. The van der Waals surface area contributed by atoms with E-state index in [0.717, 1.165) is 24.2 Å². The Kier molecular flexibility index (Phi) is 4.25. The van der Waals surface area contributed by atoms with Crippen LogP contribution in [-0.2, 0) is 4.79 Å². The van der Waals surface area contributed by atoms with Crippen LogP contribution in [-0.4, -0.2) is 12.5 Å². The summed E-state index contributed by atoms with van der Waals surface area (Å²) < 4.78 is 0. The fourth-order valence-electron chi connectivity index (χ4n) is 3.90. The van der Waals surface area contributed by atoms with Crippen LogP contribution in [0, 0.1) is 17.8 Å². The molecular formula is C14H25NO. The van der Waals surface area contributed by atoms with Crippen LogP contribution in [0.2, 0.25) is 0 Å². The summed E-state index contributed by atoms with van der Waals surface area (Å²) in [5.41, 5.74) is 0. The molecule has 2 nitrogen and oxygen atoms in total. The molecule has 0 aromatic carbocycles. The Hall–Kier alpha value is -0.530. The maximum absolute atomic E-state index is 10.5.